The summed E-state index contributed by atoms with van der Waals surface area (Å²) in [6.45, 7) is 1.26. The second-order valence-electron chi connectivity index (χ2n) is 6.28. The van der Waals surface area contributed by atoms with Crippen LogP contribution >= 0.6 is 11.6 Å². The van der Waals surface area contributed by atoms with E-state index in [2.05, 4.69) is 5.32 Å². The van der Waals surface area contributed by atoms with Gasteiger partial charge in [0.15, 0.2) is 0 Å². The van der Waals surface area contributed by atoms with Crippen LogP contribution in [0.3, 0.4) is 0 Å². The third-order valence-corrected chi connectivity index (χ3v) is 6.67. The lowest BCUT2D eigenvalue weighted by Crippen LogP contribution is -2.51. The van der Waals surface area contributed by atoms with Crippen molar-refractivity contribution in [1.82, 2.24) is 9.21 Å². The molecule has 0 spiro atoms. The molecule has 3 rings (SSSR count). The van der Waals surface area contributed by atoms with E-state index >= 15 is 0 Å². The summed E-state index contributed by atoms with van der Waals surface area (Å²) in [6.07, 6.45) is 0. The molecule has 1 amide bonds. The van der Waals surface area contributed by atoms with Crippen LogP contribution < -0.4 is 5.32 Å². The first-order valence-electron chi connectivity index (χ1n) is 8.68. The highest BCUT2D eigenvalue weighted by Gasteiger charge is 2.29. The number of nitrogens with one attached hydrogen (secondary N) is 1. The topological polar surface area (TPSA) is 93.5 Å². The van der Waals surface area contributed by atoms with Gasteiger partial charge in [0.2, 0.25) is 15.9 Å². The molecule has 7 nitrogen and oxygen atoms in total. The Hall–Kier alpha value is -2.60. The van der Waals surface area contributed by atoms with Crippen LogP contribution in [0, 0.1) is 11.3 Å². The van der Waals surface area contributed by atoms with Gasteiger partial charge in [-0.05, 0) is 48.5 Å². The fraction of sp³-hybridized carbons (Fsp3) is 0.263. The summed E-state index contributed by atoms with van der Waals surface area (Å²) in [5, 5.41) is 12.3. The Labute approximate surface area is 169 Å². The van der Waals surface area contributed by atoms with E-state index in [-0.39, 0.29) is 30.4 Å². The van der Waals surface area contributed by atoms with Crippen LogP contribution in [-0.2, 0) is 14.8 Å². The average molecular weight is 419 g/mol. The first kappa shape index (κ1) is 20.1. The number of piperazine rings is 1. The van der Waals surface area contributed by atoms with Crippen molar-refractivity contribution in [2.45, 2.75) is 4.90 Å². The molecule has 1 aliphatic rings. The molecule has 1 heterocycles. The van der Waals surface area contributed by atoms with E-state index in [1.54, 1.807) is 41.3 Å². The highest BCUT2D eigenvalue weighted by atomic mass is 35.5. The molecule has 2 aromatic carbocycles. The molecular weight excluding hydrogens is 400 g/mol. The van der Waals surface area contributed by atoms with Crippen molar-refractivity contribution in [3.63, 3.8) is 0 Å². The van der Waals surface area contributed by atoms with Gasteiger partial charge in [-0.1, -0.05) is 11.6 Å². The molecule has 1 saturated heterocycles. The third-order valence-electron chi connectivity index (χ3n) is 4.50. The minimum atomic E-state index is -3.60. The molecule has 9 heteroatoms. The quantitative estimate of drug-likeness (QED) is 0.803. The number of hydrogen-bond donors (Lipinski definition) is 1. The number of nitriles is 1. The number of anilines is 1. The van der Waals surface area contributed by atoms with E-state index in [4.69, 9.17) is 16.9 Å². The molecule has 0 atom stereocenters. The number of hydrogen-bond acceptors (Lipinski definition) is 5. The summed E-state index contributed by atoms with van der Waals surface area (Å²) >= 11 is 5.82. The molecule has 1 fully saturated rings. The van der Waals surface area contributed by atoms with Gasteiger partial charge in [0.05, 0.1) is 23.1 Å². The van der Waals surface area contributed by atoms with Gasteiger partial charge in [0.1, 0.15) is 0 Å². The van der Waals surface area contributed by atoms with Gasteiger partial charge in [-0.3, -0.25) is 4.79 Å². The number of halogens is 1. The van der Waals surface area contributed by atoms with E-state index in [0.717, 1.165) is 5.69 Å². The molecular formula is C19H19ClN4O3S. The van der Waals surface area contributed by atoms with Crippen LogP contribution in [0.4, 0.5) is 5.69 Å². The number of amides is 1. The van der Waals surface area contributed by atoms with Crippen molar-refractivity contribution in [3.8, 4) is 6.07 Å². The summed E-state index contributed by atoms with van der Waals surface area (Å²) in [6, 6.07) is 14.9. The molecule has 0 saturated carbocycles. The molecule has 0 aromatic heterocycles. The molecule has 0 aliphatic carbocycles. The SMILES string of the molecule is N#Cc1ccc(NCC(=O)N2CCN(S(=O)(=O)c3ccc(Cl)cc3)CC2)cc1. The van der Waals surface area contributed by atoms with Crippen LogP contribution in [0.15, 0.2) is 53.4 Å². The van der Waals surface area contributed by atoms with Crippen LogP contribution in [0.25, 0.3) is 0 Å². The number of carbonyl (C=O) groups is 1. The monoisotopic (exact) mass is 418 g/mol. The zero-order chi connectivity index (χ0) is 20.1. The second-order valence-corrected chi connectivity index (χ2v) is 8.66. The molecule has 2 aromatic rings. The Morgan fingerprint density at radius 1 is 1.04 bits per heavy atom. The normalized spacial score (nSPS) is 15.1. The van der Waals surface area contributed by atoms with Gasteiger partial charge in [0, 0.05) is 36.9 Å². The fourth-order valence-electron chi connectivity index (χ4n) is 2.89. The van der Waals surface area contributed by atoms with Gasteiger partial charge in [-0.2, -0.15) is 9.57 Å². The van der Waals surface area contributed by atoms with E-state index in [0.29, 0.717) is 23.7 Å². The summed E-state index contributed by atoms with van der Waals surface area (Å²) in [4.78, 5) is 14.2. The Morgan fingerprint density at radius 2 is 1.64 bits per heavy atom. The lowest BCUT2D eigenvalue weighted by Gasteiger charge is -2.34. The van der Waals surface area contributed by atoms with Crippen molar-refractivity contribution in [3.05, 3.63) is 59.1 Å². The van der Waals surface area contributed by atoms with Crippen LogP contribution in [-0.4, -0.2) is 56.3 Å². The zero-order valence-electron chi connectivity index (χ0n) is 15.0. The summed E-state index contributed by atoms with van der Waals surface area (Å²) in [5.41, 5.74) is 1.30. The number of sulfonamides is 1. The minimum absolute atomic E-state index is 0.104. The molecule has 146 valence electrons. The van der Waals surface area contributed by atoms with E-state index in [9.17, 15) is 13.2 Å². The predicted molar refractivity (Wildman–Crippen MR) is 106 cm³/mol. The van der Waals surface area contributed by atoms with Gasteiger partial charge in [-0.15, -0.1) is 0 Å². The van der Waals surface area contributed by atoms with Crippen LogP contribution in [0.2, 0.25) is 5.02 Å². The summed E-state index contributed by atoms with van der Waals surface area (Å²) in [7, 11) is -3.60. The number of benzene rings is 2. The van der Waals surface area contributed by atoms with Crippen molar-refractivity contribution in [2.24, 2.45) is 0 Å². The van der Waals surface area contributed by atoms with Gasteiger partial charge < -0.3 is 10.2 Å². The van der Waals surface area contributed by atoms with Gasteiger partial charge >= 0.3 is 0 Å². The zero-order valence-corrected chi connectivity index (χ0v) is 16.6. The maximum atomic E-state index is 12.7. The van der Waals surface area contributed by atoms with Crippen molar-refractivity contribution < 1.29 is 13.2 Å². The minimum Gasteiger partial charge on any atom is -0.376 e. The highest BCUT2D eigenvalue weighted by molar-refractivity contribution is 7.89. The fourth-order valence-corrected chi connectivity index (χ4v) is 4.43. The molecule has 0 unspecified atom stereocenters. The van der Waals surface area contributed by atoms with E-state index in [1.165, 1.54) is 16.4 Å². The Balaban J connectivity index is 1.53. The molecule has 28 heavy (non-hydrogen) atoms. The Morgan fingerprint density at radius 3 is 2.21 bits per heavy atom. The molecule has 1 N–H and O–H groups in total. The Bertz CT molecular complexity index is 977. The average Bonchev–Trinajstić information content (AvgIpc) is 2.73. The number of rotatable bonds is 5. The standard InChI is InChI=1S/C19H19ClN4O3S/c20-16-3-7-18(8-4-16)28(26,27)24-11-9-23(10-12-24)19(25)14-22-17-5-1-15(13-21)2-6-17/h1-8,22H,9-12,14H2. The Kier molecular flexibility index (Phi) is 6.19. The summed E-state index contributed by atoms with van der Waals surface area (Å²) in [5.74, 6) is -0.104. The molecule has 0 bridgehead atoms. The molecule has 0 radical (unpaired) electrons. The largest absolute Gasteiger partial charge is 0.376 e. The maximum absolute atomic E-state index is 12.7. The van der Waals surface area contributed by atoms with Crippen molar-refractivity contribution in [1.29, 1.82) is 5.26 Å². The van der Waals surface area contributed by atoms with Crippen molar-refractivity contribution >= 4 is 33.2 Å². The molecule has 1 aliphatic heterocycles. The first-order chi connectivity index (χ1) is 13.4. The highest BCUT2D eigenvalue weighted by Crippen LogP contribution is 2.20. The predicted octanol–water partition coefficient (Wildman–Crippen LogP) is 2.16. The first-order valence-corrected chi connectivity index (χ1v) is 10.5. The maximum Gasteiger partial charge on any atom is 0.243 e. The van der Waals surface area contributed by atoms with Gasteiger partial charge in [0.25, 0.3) is 0 Å². The second kappa shape index (κ2) is 8.61. The van der Waals surface area contributed by atoms with Crippen molar-refractivity contribution in [2.75, 3.05) is 38.0 Å². The van der Waals surface area contributed by atoms with Gasteiger partial charge in [-0.25, -0.2) is 8.42 Å². The van der Waals surface area contributed by atoms with E-state index < -0.39 is 10.0 Å². The smallest absolute Gasteiger partial charge is 0.243 e. The lowest BCUT2D eigenvalue weighted by molar-refractivity contribution is -0.130. The lowest BCUT2D eigenvalue weighted by atomic mass is 10.2. The van der Waals surface area contributed by atoms with Crippen LogP contribution in [0.1, 0.15) is 5.56 Å². The van der Waals surface area contributed by atoms with Crippen LogP contribution in [0.5, 0.6) is 0 Å². The number of carbonyl (C=O) groups excluding carboxylic acids is 1. The number of nitrogens with zero attached hydrogens (tertiary/aromatic N) is 3. The summed E-state index contributed by atoms with van der Waals surface area (Å²) < 4.78 is 26.7. The third kappa shape index (κ3) is 4.62. The van der Waals surface area contributed by atoms with E-state index in [1.807, 2.05) is 6.07 Å².